The average molecular weight is 298 g/mol. The van der Waals surface area contributed by atoms with Crippen LogP contribution in [0.3, 0.4) is 0 Å². The zero-order chi connectivity index (χ0) is 12.1. The zero-order valence-electron chi connectivity index (χ0n) is 9.64. The molecule has 1 fully saturated rings. The Morgan fingerprint density at radius 1 is 1.41 bits per heavy atom. The number of nitrogens with zero attached hydrogens (tertiary/aromatic N) is 1. The Bertz CT molecular complexity index is 369. The van der Waals surface area contributed by atoms with Crippen molar-refractivity contribution in [3.05, 3.63) is 35.9 Å². The van der Waals surface area contributed by atoms with Crippen molar-refractivity contribution in [3.63, 3.8) is 0 Å². The lowest BCUT2D eigenvalue weighted by Gasteiger charge is -2.15. The molecule has 0 bridgehead atoms. The minimum Gasteiger partial charge on any atom is -0.445 e. The number of ether oxygens (including phenoxy) is 1. The number of halogens is 1. The van der Waals surface area contributed by atoms with Crippen molar-refractivity contribution in [1.29, 1.82) is 0 Å². The number of alkyl halides is 1. The van der Waals surface area contributed by atoms with Crippen molar-refractivity contribution >= 4 is 22.0 Å². The van der Waals surface area contributed by atoms with Crippen LogP contribution in [-0.4, -0.2) is 29.4 Å². The van der Waals surface area contributed by atoms with Crippen LogP contribution in [0.5, 0.6) is 0 Å². The number of hydrogen-bond acceptors (Lipinski definition) is 2. The third kappa shape index (κ3) is 3.46. The van der Waals surface area contributed by atoms with E-state index in [4.69, 9.17) is 4.74 Å². The second-order valence-corrected chi connectivity index (χ2v) is 4.94. The van der Waals surface area contributed by atoms with E-state index in [1.807, 2.05) is 30.3 Å². The summed E-state index contributed by atoms with van der Waals surface area (Å²) < 4.78 is 5.28. The first kappa shape index (κ1) is 12.4. The molecule has 1 amide bonds. The molecule has 1 heterocycles. The normalized spacial score (nSPS) is 19.4. The van der Waals surface area contributed by atoms with Crippen molar-refractivity contribution in [3.8, 4) is 0 Å². The molecule has 0 saturated carbocycles. The summed E-state index contributed by atoms with van der Waals surface area (Å²) in [5.41, 5.74) is 1.03. The van der Waals surface area contributed by atoms with Gasteiger partial charge in [-0.25, -0.2) is 4.79 Å². The first-order valence-electron chi connectivity index (χ1n) is 5.81. The van der Waals surface area contributed by atoms with E-state index in [2.05, 4.69) is 15.9 Å². The maximum Gasteiger partial charge on any atom is 0.410 e. The molecule has 0 spiro atoms. The molecule has 1 saturated heterocycles. The number of carbonyl (C=O) groups excluding carboxylic acids is 1. The Labute approximate surface area is 110 Å². The van der Waals surface area contributed by atoms with E-state index in [0.29, 0.717) is 12.5 Å². The molecule has 0 N–H and O–H groups in total. The van der Waals surface area contributed by atoms with Gasteiger partial charge >= 0.3 is 6.09 Å². The number of rotatable bonds is 3. The maximum absolute atomic E-state index is 11.8. The molecule has 2 rings (SSSR count). The molecular weight excluding hydrogens is 282 g/mol. The van der Waals surface area contributed by atoms with Crippen LogP contribution in [0.4, 0.5) is 4.79 Å². The molecule has 0 radical (unpaired) electrons. The van der Waals surface area contributed by atoms with Crippen LogP contribution in [0.25, 0.3) is 0 Å². The highest BCUT2D eigenvalue weighted by Crippen LogP contribution is 2.19. The van der Waals surface area contributed by atoms with Gasteiger partial charge in [-0.2, -0.15) is 0 Å². The highest BCUT2D eigenvalue weighted by molar-refractivity contribution is 9.09. The average Bonchev–Trinajstić information content (AvgIpc) is 2.86. The molecule has 1 aliphatic rings. The largest absolute Gasteiger partial charge is 0.445 e. The zero-order valence-corrected chi connectivity index (χ0v) is 11.2. The molecule has 1 unspecified atom stereocenters. The highest BCUT2D eigenvalue weighted by atomic mass is 79.9. The smallest absolute Gasteiger partial charge is 0.410 e. The monoisotopic (exact) mass is 297 g/mol. The van der Waals surface area contributed by atoms with Gasteiger partial charge in [0.1, 0.15) is 6.61 Å². The van der Waals surface area contributed by atoms with E-state index in [0.717, 1.165) is 30.4 Å². The molecule has 1 aromatic carbocycles. The second kappa shape index (κ2) is 6.05. The predicted octanol–water partition coefficient (Wildman–Crippen LogP) is 3.04. The van der Waals surface area contributed by atoms with Gasteiger partial charge in [0, 0.05) is 18.4 Å². The summed E-state index contributed by atoms with van der Waals surface area (Å²) in [6.45, 7) is 1.97. The SMILES string of the molecule is O=C(OCc1ccccc1)N1CCC(CBr)C1. The summed E-state index contributed by atoms with van der Waals surface area (Å²) in [6, 6.07) is 9.75. The Morgan fingerprint density at radius 2 is 2.18 bits per heavy atom. The third-order valence-electron chi connectivity index (χ3n) is 2.97. The number of hydrogen-bond donors (Lipinski definition) is 0. The van der Waals surface area contributed by atoms with Gasteiger partial charge < -0.3 is 9.64 Å². The molecule has 0 aromatic heterocycles. The Morgan fingerprint density at radius 3 is 2.82 bits per heavy atom. The van der Waals surface area contributed by atoms with Gasteiger partial charge in [0.25, 0.3) is 0 Å². The van der Waals surface area contributed by atoms with Crippen LogP contribution in [-0.2, 0) is 11.3 Å². The van der Waals surface area contributed by atoms with Gasteiger partial charge in [-0.15, -0.1) is 0 Å². The first-order valence-corrected chi connectivity index (χ1v) is 6.93. The number of benzene rings is 1. The molecule has 0 aliphatic carbocycles. The van der Waals surface area contributed by atoms with Gasteiger partial charge in [0.05, 0.1) is 0 Å². The molecule has 92 valence electrons. The lowest BCUT2D eigenvalue weighted by molar-refractivity contribution is 0.103. The van der Waals surface area contributed by atoms with Crippen LogP contribution >= 0.6 is 15.9 Å². The standard InChI is InChI=1S/C13H16BrNO2/c14-8-12-6-7-15(9-12)13(16)17-10-11-4-2-1-3-5-11/h1-5,12H,6-10H2. The van der Waals surface area contributed by atoms with Gasteiger partial charge in [-0.3, -0.25) is 0 Å². The van der Waals surface area contributed by atoms with Gasteiger partial charge in [0.2, 0.25) is 0 Å². The molecule has 1 atom stereocenters. The lowest BCUT2D eigenvalue weighted by atomic mass is 10.2. The summed E-state index contributed by atoms with van der Waals surface area (Å²) in [5.74, 6) is 0.569. The van der Waals surface area contributed by atoms with E-state index < -0.39 is 0 Å². The van der Waals surface area contributed by atoms with Gasteiger partial charge in [-0.05, 0) is 17.9 Å². The Kier molecular flexibility index (Phi) is 4.42. The van der Waals surface area contributed by atoms with Crippen molar-refractivity contribution in [2.45, 2.75) is 13.0 Å². The summed E-state index contributed by atoms with van der Waals surface area (Å²) in [4.78, 5) is 13.6. The summed E-state index contributed by atoms with van der Waals surface area (Å²) in [5, 5.41) is 0.954. The van der Waals surface area contributed by atoms with E-state index in [9.17, 15) is 4.79 Å². The Balaban J connectivity index is 1.78. The quantitative estimate of drug-likeness (QED) is 0.803. The van der Waals surface area contributed by atoms with E-state index in [-0.39, 0.29) is 6.09 Å². The fourth-order valence-electron chi connectivity index (χ4n) is 1.94. The predicted molar refractivity (Wildman–Crippen MR) is 70.1 cm³/mol. The first-order chi connectivity index (χ1) is 8.29. The molecule has 3 nitrogen and oxygen atoms in total. The molecule has 17 heavy (non-hydrogen) atoms. The Hall–Kier alpha value is -1.03. The van der Waals surface area contributed by atoms with Gasteiger partial charge in [0.15, 0.2) is 0 Å². The summed E-state index contributed by atoms with van der Waals surface area (Å²) >= 11 is 3.45. The summed E-state index contributed by atoms with van der Waals surface area (Å²) in [6.07, 6.45) is 0.864. The maximum atomic E-state index is 11.8. The topological polar surface area (TPSA) is 29.5 Å². The molecular formula is C13H16BrNO2. The van der Waals surface area contributed by atoms with Crippen LogP contribution in [0.1, 0.15) is 12.0 Å². The number of likely N-dealkylation sites (tertiary alicyclic amines) is 1. The third-order valence-corrected chi connectivity index (χ3v) is 3.88. The van der Waals surface area contributed by atoms with Crippen LogP contribution in [0.2, 0.25) is 0 Å². The molecule has 4 heteroatoms. The highest BCUT2D eigenvalue weighted by Gasteiger charge is 2.26. The van der Waals surface area contributed by atoms with Crippen molar-refractivity contribution in [1.82, 2.24) is 4.90 Å². The van der Waals surface area contributed by atoms with E-state index >= 15 is 0 Å². The van der Waals surface area contributed by atoms with Crippen molar-refractivity contribution in [2.75, 3.05) is 18.4 Å². The fourth-order valence-corrected chi connectivity index (χ4v) is 2.46. The van der Waals surface area contributed by atoms with Crippen molar-refractivity contribution in [2.24, 2.45) is 5.92 Å². The fraction of sp³-hybridized carbons (Fsp3) is 0.462. The lowest BCUT2D eigenvalue weighted by Crippen LogP contribution is -2.29. The van der Waals surface area contributed by atoms with Crippen LogP contribution in [0, 0.1) is 5.92 Å². The minimum atomic E-state index is -0.197. The molecule has 1 aromatic rings. The van der Waals surface area contributed by atoms with Crippen LogP contribution < -0.4 is 0 Å². The summed E-state index contributed by atoms with van der Waals surface area (Å²) in [7, 11) is 0. The van der Waals surface area contributed by atoms with E-state index in [1.165, 1.54) is 0 Å². The second-order valence-electron chi connectivity index (χ2n) is 4.30. The van der Waals surface area contributed by atoms with Crippen LogP contribution in [0.15, 0.2) is 30.3 Å². The van der Waals surface area contributed by atoms with E-state index in [1.54, 1.807) is 4.90 Å². The minimum absolute atomic E-state index is 0.197. The number of amides is 1. The van der Waals surface area contributed by atoms with Gasteiger partial charge in [-0.1, -0.05) is 46.3 Å². The molecule has 1 aliphatic heterocycles. The number of carbonyl (C=O) groups is 1. The van der Waals surface area contributed by atoms with Crippen molar-refractivity contribution < 1.29 is 9.53 Å².